The topological polar surface area (TPSA) is 35.2 Å². The maximum Gasteiger partial charge on any atom is 0.133 e. The highest BCUT2D eigenvalue weighted by molar-refractivity contribution is 5.29. The van der Waals surface area contributed by atoms with Crippen molar-refractivity contribution in [2.45, 2.75) is 38.3 Å². The smallest absolute Gasteiger partial charge is 0.133 e. The Kier molecular flexibility index (Phi) is 3.74. The van der Waals surface area contributed by atoms with Gasteiger partial charge in [0.15, 0.2) is 0 Å². The van der Waals surface area contributed by atoms with Crippen LogP contribution >= 0.6 is 0 Å². The van der Waals surface area contributed by atoms with E-state index in [1.165, 1.54) is 12.1 Å². The molecule has 0 aliphatic carbocycles. The van der Waals surface area contributed by atoms with E-state index in [0.29, 0.717) is 12.0 Å². The van der Waals surface area contributed by atoms with Gasteiger partial charge in [-0.05, 0) is 37.8 Å². The summed E-state index contributed by atoms with van der Waals surface area (Å²) >= 11 is 0. The van der Waals surface area contributed by atoms with Crippen LogP contribution in [0, 0.1) is 18.6 Å². The van der Waals surface area contributed by atoms with E-state index in [2.05, 4.69) is 0 Å². The normalized spacial score (nSPS) is 21.8. The van der Waals surface area contributed by atoms with Crippen molar-refractivity contribution in [1.82, 2.24) is 0 Å². The Morgan fingerprint density at radius 1 is 1.47 bits per heavy atom. The van der Waals surface area contributed by atoms with E-state index in [0.717, 1.165) is 19.4 Å². The summed E-state index contributed by atoms with van der Waals surface area (Å²) in [5.41, 5.74) is 6.29. The first-order chi connectivity index (χ1) is 8.09. The van der Waals surface area contributed by atoms with E-state index in [9.17, 15) is 8.78 Å². The molecule has 2 unspecified atom stereocenters. The van der Waals surface area contributed by atoms with E-state index >= 15 is 0 Å². The maximum atomic E-state index is 13.8. The van der Waals surface area contributed by atoms with Crippen molar-refractivity contribution in [2.24, 2.45) is 5.73 Å². The van der Waals surface area contributed by atoms with Gasteiger partial charge in [0.25, 0.3) is 0 Å². The standard InChI is InChI=1S/C13H17F2NO/c1-8-4-5-10(14)12(13(8)15)11(16)7-9-3-2-6-17-9/h4-5,9,11H,2-3,6-7,16H2,1H3. The van der Waals surface area contributed by atoms with Crippen LogP contribution in [0.3, 0.4) is 0 Å². The molecule has 0 radical (unpaired) electrons. The molecule has 1 aromatic rings. The molecule has 0 amide bonds. The van der Waals surface area contributed by atoms with Gasteiger partial charge in [0, 0.05) is 18.2 Å². The van der Waals surface area contributed by atoms with Crippen molar-refractivity contribution in [1.29, 1.82) is 0 Å². The number of hydrogen-bond donors (Lipinski definition) is 1. The summed E-state index contributed by atoms with van der Waals surface area (Å²) in [6.45, 7) is 2.33. The van der Waals surface area contributed by atoms with Gasteiger partial charge in [0.2, 0.25) is 0 Å². The van der Waals surface area contributed by atoms with Gasteiger partial charge in [0.1, 0.15) is 11.6 Å². The third-order valence-corrected chi connectivity index (χ3v) is 3.23. The first kappa shape index (κ1) is 12.5. The minimum absolute atomic E-state index is 0.0134. The Bertz CT molecular complexity index is 403. The zero-order valence-electron chi connectivity index (χ0n) is 9.88. The first-order valence-corrected chi connectivity index (χ1v) is 5.91. The molecule has 17 heavy (non-hydrogen) atoms. The Labute approximate surface area is 99.8 Å². The molecule has 0 spiro atoms. The fraction of sp³-hybridized carbons (Fsp3) is 0.538. The van der Waals surface area contributed by atoms with Gasteiger partial charge < -0.3 is 10.5 Å². The number of halogens is 2. The van der Waals surface area contributed by atoms with Gasteiger partial charge >= 0.3 is 0 Å². The van der Waals surface area contributed by atoms with Crippen molar-refractivity contribution in [3.8, 4) is 0 Å². The molecule has 2 atom stereocenters. The number of hydrogen-bond acceptors (Lipinski definition) is 2. The molecule has 2 N–H and O–H groups in total. The molecule has 94 valence electrons. The zero-order valence-corrected chi connectivity index (χ0v) is 9.88. The Balaban J connectivity index is 2.17. The van der Waals surface area contributed by atoms with E-state index in [4.69, 9.17) is 10.5 Å². The van der Waals surface area contributed by atoms with Gasteiger partial charge in [-0.2, -0.15) is 0 Å². The quantitative estimate of drug-likeness (QED) is 0.883. The highest BCUT2D eigenvalue weighted by Gasteiger charge is 2.24. The molecule has 1 heterocycles. The number of aryl methyl sites for hydroxylation is 1. The van der Waals surface area contributed by atoms with Gasteiger partial charge in [-0.1, -0.05) is 6.07 Å². The number of nitrogens with two attached hydrogens (primary N) is 1. The summed E-state index contributed by atoms with van der Waals surface area (Å²) in [6.07, 6.45) is 2.42. The van der Waals surface area contributed by atoms with E-state index in [1.54, 1.807) is 6.92 Å². The van der Waals surface area contributed by atoms with Crippen molar-refractivity contribution in [3.63, 3.8) is 0 Å². The number of benzene rings is 1. The van der Waals surface area contributed by atoms with Gasteiger partial charge in [-0.25, -0.2) is 8.78 Å². The molecule has 4 heteroatoms. The van der Waals surface area contributed by atoms with Gasteiger partial charge in [0.05, 0.1) is 6.10 Å². The maximum absolute atomic E-state index is 13.8. The number of ether oxygens (including phenoxy) is 1. The van der Waals surface area contributed by atoms with Crippen LogP contribution in [0.15, 0.2) is 12.1 Å². The van der Waals surface area contributed by atoms with Crippen LogP contribution in [0.4, 0.5) is 8.78 Å². The molecule has 1 saturated heterocycles. The molecular formula is C13H17F2NO. The Morgan fingerprint density at radius 3 is 2.88 bits per heavy atom. The minimum atomic E-state index is -0.641. The van der Waals surface area contributed by atoms with Crippen molar-refractivity contribution in [3.05, 3.63) is 34.9 Å². The van der Waals surface area contributed by atoms with Crippen LogP contribution in [-0.4, -0.2) is 12.7 Å². The molecule has 0 aromatic heterocycles. The summed E-state index contributed by atoms with van der Waals surface area (Å²) < 4.78 is 32.9. The molecule has 1 aliphatic heterocycles. The third kappa shape index (κ3) is 2.64. The molecule has 0 bridgehead atoms. The highest BCUT2D eigenvalue weighted by atomic mass is 19.1. The molecule has 2 rings (SSSR count). The molecule has 0 saturated carbocycles. The van der Waals surface area contributed by atoms with Crippen LogP contribution in [-0.2, 0) is 4.74 Å². The molecule has 2 nitrogen and oxygen atoms in total. The summed E-state index contributed by atoms with van der Waals surface area (Å²) in [5, 5.41) is 0. The van der Waals surface area contributed by atoms with Crippen molar-refractivity contribution < 1.29 is 13.5 Å². The van der Waals surface area contributed by atoms with Crippen LogP contribution < -0.4 is 5.73 Å². The SMILES string of the molecule is Cc1ccc(F)c(C(N)CC2CCCO2)c1F. The number of rotatable bonds is 3. The molecule has 1 fully saturated rings. The average molecular weight is 241 g/mol. The second-order valence-corrected chi connectivity index (χ2v) is 4.57. The summed E-state index contributed by atoms with van der Waals surface area (Å²) in [5.74, 6) is -1.10. The Hall–Kier alpha value is -1.00. The van der Waals surface area contributed by atoms with E-state index < -0.39 is 17.7 Å². The fourth-order valence-corrected chi connectivity index (χ4v) is 2.25. The van der Waals surface area contributed by atoms with Crippen molar-refractivity contribution >= 4 is 0 Å². The molecule has 1 aliphatic rings. The predicted molar refractivity (Wildman–Crippen MR) is 61.6 cm³/mol. The summed E-state index contributed by atoms with van der Waals surface area (Å²) in [4.78, 5) is 0. The second kappa shape index (κ2) is 5.10. The second-order valence-electron chi connectivity index (χ2n) is 4.57. The Morgan fingerprint density at radius 2 is 2.24 bits per heavy atom. The van der Waals surface area contributed by atoms with Gasteiger partial charge in [-0.3, -0.25) is 0 Å². The molecule has 1 aromatic carbocycles. The van der Waals surface area contributed by atoms with Crippen LogP contribution in [0.25, 0.3) is 0 Å². The lowest BCUT2D eigenvalue weighted by atomic mass is 9.97. The third-order valence-electron chi connectivity index (χ3n) is 3.23. The lowest BCUT2D eigenvalue weighted by Gasteiger charge is -2.18. The van der Waals surface area contributed by atoms with E-state index in [1.807, 2.05) is 0 Å². The van der Waals surface area contributed by atoms with Gasteiger partial charge in [-0.15, -0.1) is 0 Å². The summed E-state index contributed by atoms with van der Waals surface area (Å²) in [7, 11) is 0. The summed E-state index contributed by atoms with van der Waals surface area (Å²) in [6, 6.07) is 2.05. The predicted octanol–water partition coefficient (Wildman–Crippen LogP) is 2.84. The molecular weight excluding hydrogens is 224 g/mol. The minimum Gasteiger partial charge on any atom is -0.378 e. The average Bonchev–Trinajstić information content (AvgIpc) is 2.77. The monoisotopic (exact) mass is 241 g/mol. The van der Waals surface area contributed by atoms with Crippen LogP contribution in [0.2, 0.25) is 0 Å². The lowest BCUT2D eigenvalue weighted by molar-refractivity contribution is 0.0977. The first-order valence-electron chi connectivity index (χ1n) is 5.91. The zero-order chi connectivity index (χ0) is 12.4. The van der Waals surface area contributed by atoms with Crippen molar-refractivity contribution in [2.75, 3.05) is 6.61 Å². The lowest BCUT2D eigenvalue weighted by Crippen LogP contribution is -2.21. The van der Waals surface area contributed by atoms with Crippen LogP contribution in [0.5, 0.6) is 0 Å². The highest BCUT2D eigenvalue weighted by Crippen LogP contribution is 2.28. The largest absolute Gasteiger partial charge is 0.378 e. The van der Waals surface area contributed by atoms with Crippen LogP contribution in [0.1, 0.15) is 36.4 Å². The van der Waals surface area contributed by atoms with E-state index in [-0.39, 0.29) is 11.7 Å². The fourth-order valence-electron chi connectivity index (χ4n) is 2.25.